The predicted molar refractivity (Wildman–Crippen MR) is 111 cm³/mol. The first-order valence-electron chi connectivity index (χ1n) is 9.39. The Hall–Kier alpha value is -3.17. The van der Waals surface area contributed by atoms with Crippen LogP contribution in [0.3, 0.4) is 0 Å². The van der Waals surface area contributed by atoms with Crippen molar-refractivity contribution in [3.63, 3.8) is 0 Å². The Morgan fingerprint density at radius 3 is 2.71 bits per heavy atom. The van der Waals surface area contributed by atoms with Crippen LogP contribution >= 0.6 is 0 Å². The number of rotatable bonds is 11. The van der Waals surface area contributed by atoms with Crippen molar-refractivity contribution in [3.8, 4) is 11.8 Å². The molecule has 0 saturated carbocycles. The Labute approximate surface area is 167 Å². The zero-order valence-corrected chi connectivity index (χ0v) is 16.5. The summed E-state index contributed by atoms with van der Waals surface area (Å²) in [5, 5.41) is 16.0. The van der Waals surface area contributed by atoms with E-state index in [4.69, 9.17) is 4.74 Å². The third-order valence-electron chi connectivity index (χ3n) is 4.17. The minimum Gasteiger partial charge on any atom is -0.492 e. The van der Waals surface area contributed by atoms with Crippen LogP contribution in [0.5, 0.6) is 5.75 Å². The van der Waals surface area contributed by atoms with Gasteiger partial charge in [-0.25, -0.2) is 9.97 Å². The lowest BCUT2D eigenvalue weighted by Gasteiger charge is -2.21. The van der Waals surface area contributed by atoms with Crippen LogP contribution in [-0.4, -0.2) is 30.2 Å². The molecule has 1 aromatic carbocycles. The van der Waals surface area contributed by atoms with Gasteiger partial charge in [0, 0.05) is 18.4 Å². The summed E-state index contributed by atoms with van der Waals surface area (Å²) >= 11 is 0. The Morgan fingerprint density at radius 1 is 1.32 bits per heavy atom. The van der Waals surface area contributed by atoms with E-state index < -0.39 is 0 Å². The number of hydrogen-bond donors (Lipinski definition) is 2. The third-order valence-corrected chi connectivity index (χ3v) is 4.17. The highest BCUT2D eigenvalue weighted by molar-refractivity contribution is 5.60. The molecule has 1 atom stereocenters. The number of allylic oxidation sites excluding steroid dienone is 1. The second kappa shape index (κ2) is 11.5. The first-order chi connectivity index (χ1) is 13.7. The molecule has 0 saturated heterocycles. The Bertz CT molecular complexity index is 809. The maximum absolute atomic E-state index is 9.53. The van der Waals surface area contributed by atoms with E-state index in [0.717, 1.165) is 30.7 Å². The standard InChI is InChI=1S/C22H27N5O/c1-4-5-22(18-6-8-21(9-7-18)28-13-12-24-3)27-17(2)19(15-23)14-20-10-11-25-16-26-20/h6-11,14,16,22,24,27H,2,4-5,12-13H2,1,3H3/b19-14+. The van der Waals surface area contributed by atoms with Crippen LogP contribution in [0.25, 0.3) is 6.08 Å². The molecule has 0 aliphatic carbocycles. The highest BCUT2D eigenvalue weighted by Gasteiger charge is 2.13. The van der Waals surface area contributed by atoms with Crippen LogP contribution in [0, 0.1) is 11.3 Å². The van der Waals surface area contributed by atoms with Crippen molar-refractivity contribution in [1.82, 2.24) is 20.6 Å². The molecule has 28 heavy (non-hydrogen) atoms. The maximum Gasteiger partial charge on any atom is 0.119 e. The van der Waals surface area contributed by atoms with Crippen LogP contribution in [-0.2, 0) is 0 Å². The zero-order chi connectivity index (χ0) is 20.2. The van der Waals surface area contributed by atoms with Gasteiger partial charge in [-0.1, -0.05) is 32.1 Å². The lowest BCUT2D eigenvalue weighted by Crippen LogP contribution is -2.21. The van der Waals surface area contributed by atoms with E-state index in [2.05, 4.69) is 52.3 Å². The summed E-state index contributed by atoms with van der Waals surface area (Å²) < 4.78 is 5.68. The van der Waals surface area contributed by atoms with Crippen LogP contribution in [0.1, 0.15) is 37.1 Å². The van der Waals surface area contributed by atoms with E-state index in [0.29, 0.717) is 23.6 Å². The van der Waals surface area contributed by atoms with Gasteiger partial charge in [-0.3, -0.25) is 0 Å². The minimum atomic E-state index is 0.0611. The average molecular weight is 377 g/mol. The number of aromatic nitrogens is 2. The third kappa shape index (κ3) is 6.53. The number of nitrogens with zero attached hydrogens (tertiary/aromatic N) is 3. The molecule has 0 aliphatic heterocycles. The van der Waals surface area contributed by atoms with Gasteiger partial charge in [0.1, 0.15) is 24.8 Å². The number of nitrogens with one attached hydrogen (secondary N) is 2. The Morgan fingerprint density at radius 2 is 2.11 bits per heavy atom. The molecule has 2 rings (SSSR count). The van der Waals surface area contributed by atoms with Crippen LogP contribution in [0.2, 0.25) is 0 Å². The van der Waals surface area contributed by atoms with E-state index in [1.807, 2.05) is 19.2 Å². The molecule has 0 fully saturated rings. The van der Waals surface area contributed by atoms with Crippen LogP contribution in [0.15, 0.2) is 60.7 Å². The highest BCUT2D eigenvalue weighted by atomic mass is 16.5. The quantitative estimate of drug-likeness (QED) is 0.353. The molecule has 0 aliphatic rings. The van der Waals surface area contributed by atoms with Crippen molar-refractivity contribution < 1.29 is 4.74 Å². The largest absolute Gasteiger partial charge is 0.492 e. The fraction of sp³-hybridized carbons (Fsp3) is 0.318. The summed E-state index contributed by atoms with van der Waals surface area (Å²) in [4.78, 5) is 8.03. The van der Waals surface area contributed by atoms with Gasteiger partial charge in [0.05, 0.1) is 17.3 Å². The topological polar surface area (TPSA) is 82.9 Å². The highest BCUT2D eigenvalue weighted by Crippen LogP contribution is 2.24. The molecule has 146 valence electrons. The molecular formula is C22H27N5O. The first kappa shape index (κ1) is 21.1. The average Bonchev–Trinajstić information content (AvgIpc) is 2.73. The van der Waals surface area contributed by atoms with Gasteiger partial charge in [0.15, 0.2) is 0 Å². The number of likely N-dealkylation sites (N-methyl/N-ethyl adjacent to an activating group) is 1. The molecular weight excluding hydrogens is 350 g/mol. The molecule has 6 nitrogen and oxygen atoms in total. The van der Waals surface area contributed by atoms with Crippen LogP contribution < -0.4 is 15.4 Å². The van der Waals surface area contributed by atoms with Crippen molar-refractivity contribution >= 4 is 6.08 Å². The van der Waals surface area contributed by atoms with Gasteiger partial charge < -0.3 is 15.4 Å². The van der Waals surface area contributed by atoms with Gasteiger partial charge in [-0.2, -0.15) is 5.26 Å². The SMILES string of the molecule is C=C(NC(CCC)c1ccc(OCCNC)cc1)/C(C#N)=C/c1ccncn1. The van der Waals surface area contributed by atoms with E-state index >= 15 is 0 Å². The summed E-state index contributed by atoms with van der Waals surface area (Å²) in [5.74, 6) is 0.842. The molecule has 0 bridgehead atoms. The molecule has 1 unspecified atom stereocenters. The van der Waals surface area contributed by atoms with E-state index in [1.165, 1.54) is 6.33 Å². The van der Waals surface area contributed by atoms with E-state index in [1.54, 1.807) is 18.3 Å². The van der Waals surface area contributed by atoms with E-state index in [9.17, 15) is 5.26 Å². The van der Waals surface area contributed by atoms with Gasteiger partial charge in [-0.15, -0.1) is 0 Å². The van der Waals surface area contributed by atoms with Crippen molar-refractivity contribution in [2.24, 2.45) is 0 Å². The second-order valence-corrected chi connectivity index (χ2v) is 6.29. The minimum absolute atomic E-state index is 0.0611. The van der Waals surface area contributed by atoms with Crippen LogP contribution in [0.4, 0.5) is 0 Å². The zero-order valence-electron chi connectivity index (χ0n) is 16.5. The lowest BCUT2D eigenvalue weighted by atomic mass is 10.0. The fourth-order valence-corrected chi connectivity index (χ4v) is 2.69. The molecule has 1 aromatic heterocycles. The summed E-state index contributed by atoms with van der Waals surface area (Å²) in [7, 11) is 1.90. The summed E-state index contributed by atoms with van der Waals surface area (Å²) in [6.45, 7) is 7.62. The summed E-state index contributed by atoms with van der Waals surface area (Å²) in [6.07, 6.45) is 6.73. The Balaban J connectivity index is 2.09. The summed E-state index contributed by atoms with van der Waals surface area (Å²) in [5.41, 5.74) is 2.83. The lowest BCUT2D eigenvalue weighted by molar-refractivity contribution is 0.318. The predicted octanol–water partition coefficient (Wildman–Crippen LogP) is 3.63. The maximum atomic E-state index is 9.53. The Kier molecular flexibility index (Phi) is 8.70. The molecule has 0 amide bonds. The molecule has 6 heteroatoms. The smallest absolute Gasteiger partial charge is 0.119 e. The van der Waals surface area contributed by atoms with Crippen molar-refractivity contribution in [3.05, 3.63) is 72.0 Å². The molecule has 0 radical (unpaired) electrons. The van der Waals surface area contributed by atoms with E-state index in [-0.39, 0.29) is 6.04 Å². The van der Waals surface area contributed by atoms with Gasteiger partial charge in [-0.05, 0) is 43.3 Å². The van der Waals surface area contributed by atoms with Crippen molar-refractivity contribution in [2.75, 3.05) is 20.2 Å². The molecule has 2 aromatic rings. The van der Waals surface area contributed by atoms with Crippen molar-refractivity contribution in [2.45, 2.75) is 25.8 Å². The number of ether oxygens (including phenoxy) is 1. The van der Waals surface area contributed by atoms with Gasteiger partial charge >= 0.3 is 0 Å². The normalized spacial score (nSPS) is 12.1. The number of nitriles is 1. The van der Waals surface area contributed by atoms with Gasteiger partial charge in [0.25, 0.3) is 0 Å². The number of benzene rings is 1. The van der Waals surface area contributed by atoms with Crippen molar-refractivity contribution in [1.29, 1.82) is 5.26 Å². The fourth-order valence-electron chi connectivity index (χ4n) is 2.69. The van der Waals surface area contributed by atoms with Gasteiger partial charge in [0.2, 0.25) is 0 Å². The second-order valence-electron chi connectivity index (χ2n) is 6.29. The monoisotopic (exact) mass is 377 g/mol. The number of hydrogen-bond acceptors (Lipinski definition) is 6. The molecule has 1 heterocycles. The summed E-state index contributed by atoms with van der Waals surface area (Å²) in [6, 6.07) is 12.1. The molecule has 2 N–H and O–H groups in total. The first-order valence-corrected chi connectivity index (χ1v) is 9.39. The molecule has 0 spiro atoms.